The van der Waals surface area contributed by atoms with E-state index in [4.69, 9.17) is 9.84 Å². The van der Waals surface area contributed by atoms with Gasteiger partial charge in [-0.3, -0.25) is 9.59 Å². The Morgan fingerprint density at radius 1 is 1.48 bits per heavy atom. The second kappa shape index (κ2) is 9.97. The molecule has 2 N–H and O–H groups in total. The Balaban J connectivity index is 2.41. The number of aliphatic hydroxyl groups is 1. The van der Waals surface area contributed by atoms with Gasteiger partial charge in [0.25, 0.3) is 5.91 Å². The molecule has 0 bridgehead atoms. The summed E-state index contributed by atoms with van der Waals surface area (Å²) in [5.74, 6) is 5.22. The molecule has 0 aliphatic rings. The molecular weight excluding hydrogens is 290 g/mol. The molecule has 0 unspecified atom stereocenters. The van der Waals surface area contributed by atoms with E-state index in [2.05, 4.69) is 17.2 Å². The molecule has 0 saturated heterocycles. The Labute approximate surface area is 128 Å². The Morgan fingerprint density at radius 2 is 2.29 bits per heavy atom. The minimum Gasteiger partial charge on any atom is -0.466 e. The number of ether oxygens (including phenoxy) is 1. The minimum absolute atomic E-state index is 0.00647. The summed E-state index contributed by atoms with van der Waals surface area (Å²) in [5.41, 5.74) is 0.663. The van der Waals surface area contributed by atoms with Crippen LogP contribution < -0.4 is 5.32 Å². The van der Waals surface area contributed by atoms with Gasteiger partial charge in [-0.15, -0.1) is 11.3 Å². The van der Waals surface area contributed by atoms with Gasteiger partial charge in [-0.25, -0.2) is 0 Å². The van der Waals surface area contributed by atoms with Gasteiger partial charge in [0.05, 0.1) is 13.2 Å². The second-order valence-corrected chi connectivity index (χ2v) is 5.02. The van der Waals surface area contributed by atoms with Crippen LogP contribution in [0.3, 0.4) is 0 Å². The van der Waals surface area contributed by atoms with E-state index in [1.807, 2.05) is 0 Å². The number of esters is 1. The summed E-state index contributed by atoms with van der Waals surface area (Å²) in [6.07, 6.45) is 1.22. The monoisotopic (exact) mass is 309 g/mol. The van der Waals surface area contributed by atoms with E-state index in [0.717, 1.165) is 0 Å². The van der Waals surface area contributed by atoms with Crippen molar-refractivity contribution in [3.8, 4) is 11.8 Å². The summed E-state index contributed by atoms with van der Waals surface area (Å²) in [5, 5.41) is 13.2. The third-order valence-electron chi connectivity index (χ3n) is 2.48. The fraction of sp³-hybridized carbons (Fsp3) is 0.467. The lowest BCUT2D eigenvalue weighted by Crippen LogP contribution is -2.24. The van der Waals surface area contributed by atoms with Crippen molar-refractivity contribution >= 4 is 23.2 Å². The summed E-state index contributed by atoms with van der Waals surface area (Å²) in [6, 6.07) is 1.78. The summed E-state index contributed by atoms with van der Waals surface area (Å²) < 4.78 is 4.81. The van der Waals surface area contributed by atoms with Gasteiger partial charge in [0.15, 0.2) is 0 Å². The molecule has 6 heteroatoms. The van der Waals surface area contributed by atoms with E-state index < -0.39 is 0 Å². The van der Waals surface area contributed by atoms with Gasteiger partial charge >= 0.3 is 5.97 Å². The molecule has 0 aromatic carbocycles. The highest BCUT2D eigenvalue weighted by Gasteiger charge is 2.11. The van der Waals surface area contributed by atoms with E-state index in [1.165, 1.54) is 11.3 Å². The molecule has 1 rings (SSSR count). The van der Waals surface area contributed by atoms with E-state index in [9.17, 15) is 9.59 Å². The van der Waals surface area contributed by atoms with Crippen LogP contribution in [0.1, 0.15) is 41.4 Å². The fourth-order valence-corrected chi connectivity index (χ4v) is 2.31. The number of rotatable bonds is 7. The van der Waals surface area contributed by atoms with Crippen LogP contribution in [0.4, 0.5) is 0 Å². The molecule has 0 spiro atoms. The molecule has 0 fully saturated rings. The molecule has 1 aromatic heterocycles. The summed E-state index contributed by atoms with van der Waals surface area (Å²) in [7, 11) is 0. The molecule has 21 heavy (non-hydrogen) atoms. The molecule has 0 saturated carbocycles. The highest BCUT2D eigenvalue weighted by Crippen LogP contribution is 2.15. The van der Waals surface area contributed by atoms with Crippen molar-refractivity contribution in [2.24, 2.45) is 0 Å². The van der Waals surface area contributed by atoms with Gasteiger partial charge in [-0.2, -0.15) is 0 Å². The summed E-state index contributed by atoms with van der Waals surface area (Å²) in [6.45, 7) is 2.55. The molecule has 0 atom stereocenters. The largest absolute Gasteiger partial charge is 0.466 e. The number of carbonyl (C=O) groups is 2. The van der Waals surface area contributed by atoms with Crippen LogP contribution in [0.25, 0.3) is 0 Å². The van der Waals surface area contributed by atoms with Gasteiger partial charge < -0.3 is 15.2 Å². The smallest absolute Gasteiger partial charge is 0.305 e. The van der Waals surface area contributed by atoms with Crippen molar-refractivity contribution in [1.29, 1.82) is 0 Å². The van der Waals surface area contributed by atoms with Crippen LogP contribution in [0, 0.1) is 11.8 Å². The molecule has 0 radical (unpaired) electrons. The Morgan fingerprint density at radius 3 is 3.00 bits per heavy atom. The highest BCUT2D eigenvalue weighted by molar-refractivity contribution is 7.12. The Bertz CT molecular complexity index is 527. The Hall–Kier alpha value is -1.84. The maximum Gasteiger partial charge on any atom is 0.305 e. The molecule has 0 aliphatic carbocycles. The molecule has 114 valence electrons. The van der Waals surface area contributed by atoms with E-state index in [0.29, 0.717) is 42.9 Å². The van der Waals surface area contributed by atoms with E-state index in [-0.39, 0.29) is 18.5 Å². The molecular formula is C15H19NO4S. The van der Waals surface area contributed by atoms with Crippen LogP contribution in [0.5, 0.6) is 0 Å². The van der Waals surface area contributed by atoms with Gasteiger partial charge in [0.1, 0.15) is 4.88 Å². The average Bonchev–Trinajstić information content (AvgIpc) is 2.92. The van der Waals surface area contributed by atoms with Gasteiger partial charge in [0, 0.05) is 24.9 Å². The quantitative estimate of drug-likeness (QED) is 0.455. The van der Waals surface area contributed by atoms with E-state index in [1.54, 1.807) is 18.4 Å². The lowest BCUT2D eigenvalue weighted by molar-refractivity contribution is -0.143. The summed E-state index contributed by atoms with van der Waals surface area (Å²) in [4.78, 5) is 23.7. The molecule has 1 amide bonds. The molecule has 0 aliphatic heterocycles. The normalized spacial score (nSPS) is 9.62. The predicted molar refractivity (Wildman–Crippen MR) is 81.1 cm³/mol. The second-order valence-electron chi connectivity index (χ2n) is 4.10. The lowest BCUT2D eigenvalue weighted by atomic mass is 10.2. The van der Waals surface area contributed by atoms with Crippen molar-refractivity contribution in [2.75, 3.05) is 19.8 Å². The molecule has 1 aromatic rings. The first-order valence-electron chi connectivity index (χ1n) is 6.80. The first-order chi connectivity index (χ1) is 10.2. The van der Waals surface area contributed by atoms with Crippen LogP contribution in [0.15, 0.2) is 11.4 Å². The average molecular weight is 309 g/mol. The SMILES string of the molecule is CCOC(=O)CCCNC(=O)c1sccc1C#CCCO. The third kappa shape index (κ3) is 6.43. The highest BCUT2D eigenvalue weighted by atomic mass is 32.1. The topological polar surface area (TPSA) is 75.6 Å². The van der Waals surface area contributed by atoms with Crippen LogP contribution in [0.2, 0.25) is 0 Å². The number of carbonyl (C=O) groups excluding carboxylic acids is 2. The number of hydrogen-bond donors (Lipinski definition) is 2. The van der Waals surface area contributed by atoms with Crippen molar-refractivity contribution in [1.82, 2.24) is 5.32 Å². The third-order valence-corrected chi connectivity index (χ3v) is 3.39. The number of thiophene rings is 1. The lowest BCUT2D eigenvalue weighted by Gasteiger charge is -2.04. The van der Waals surface area contributed by atoms with Crippen molar-refractivity contribution < 1.29 is 19.4 Å². The maximum atomic E-state index is 12.0. The number of hydrogen-bond acceptors (Lipinski definition) is 5. The van der Waals surface area contributed by atoms with Crippen molar-refractivity contribution in [3.63, 3.8) is 0 Å². The van der Waals surface area contributed by atoms with Gasteiger partial charge in [-0.1, -0.05) is 11.8 Å². The van der Waals surface area contributed by atoms with Crippen molar-refractivity contribution in [2.45, 2.75) is 26.2 Å². The zero-order valence-corrected chi connectivity index (χ0v) is 12.8. The zero-order valence-electron chi connectivity index (χ0n) is 12.0. The van der Waals surface area contributed by atoms with Crippen molar-refractivity contribution in [3.05, 3.63) is 21.9 Å². The molecule has 1 heterocycles. The fourth-order valence-electron chi connectivity index (χ4n) is 1.55. The van der Waals surface area contributed by atoms with Crippen LogP contribution in [-0.4, -0.2) is 36.7 Å². The van der Waals surface area contributed by atoms with Gasteiger partial charge in [0.2, 0.25) is 0 Å². The minimum atomic E-state index is -0.251. The van der Waals surface area contributed by atoms with Gasteiger partial charge in [-0.05, 0) is 24.8 Å². The zero-order chi connectivity index (χ0) is 15.5. The molecule has 5 nitrogen and oxygen atoms in total. The Kier molecular flexibility index (Phi) is 8.17. The first-order valence-corrected chi connectivity index (χ1v) is 7.68. The van der Waals surface area contributed by atoms with E-state index >= 15 is 0 Å². The van der Waals surface area contributed by atoms with Crippen LogP contribution >= 0.6 is 11.3 Å². The summed E-state index contributed by atoms with van der Waals surface area (Å²) >= 11 is 1.32. The number of amides is 1. The predicted octanol–water partition coefficient (Wildman–Crippen LogP) is 1.56. The number of aliphatic hydroxyl groups excluding tert-OH is 1. The standard InChI is InChI=1S/C15H19NO4S/c1-2-20-13(18)7-5-9-16-15(19)14-12(8-11-21-14)6-3-4-10-17/h8,11,17H,2,4-5,7,9-10H2,1H3,(H,16,19). The van der Waals surface area contributed by atoms with Crippen LogP contribution in [-0.2, 0) is 9.53 Å². The first kappa shape index (κ1) is 17.2. The maximum absolute atomic E-state index is 12.0. The number of nitrogens with one attached hydrogen (secondary N) is 1.